The van der Waals surface area contributed by atoms with Crippen LogP contribution in [0.2, 0.25) is 5.02 Å². The number of benzene rings is 1. The van der Waals surface area contributed by atoms with Gasteiger partial charge in [-0.2, -0.15) is 5.26 Å². The lowest BCUT2D eigenvalue weighted by Gasteiger charge is -2.06. The molecule has 1 aromatic heterocycles. The Hall–Kier alpha value is -1.92. The predicted molar refractivity (Wildman–Crippen MR) is 63.9 cm³/mol. The average molecular weight is 248 g/mol. The highest BCUT2D eigenvalue weighted by molar-refractivity contribution is 6.31. The van der Waals surface area contributed by atoms with Crippen LogP contribution in [0.5, 0.6) is 5.75 Å². The molecule has 0 fully saturated rings. The van der Waals surface area contributed by atoms with Gasteiger partial charge in [-0.15, -0.1) is 0 Å². The molecule has 3 nitrogen and oxygen atoms in total. The van der Waals surface area contributed by atoms with E-state index in [0.29, 0.717) is 22.1 Å². The van der Waals surface area contributed by atoms with Crippen molar-refractivity contribution in [3.8, 4) is 11.8 Å². The second-order valence-electron chi connectivity index (χ2n) is 3.53. The first-order valence-electron chi connectivity index (χ1n) is 5.07. The van der Waals surface area contributed by atoms with E-state index in [-0.39, 0.29) is 6.61 Å². The molecule has 0 saturated carbocycles. The first-order valence-corrected chi connectivity index (χ1v) is 5.45. The Kier molecular flexibility index (Phi) is 3.36. The molecule has 0 amide bonds. The third kappa shape index (κ3) is 2.61. The molecule has 0 atom stereocenters. The van der Waals surface area contributed by atoms with E-state index in [4.69, 9.17) is 26.0 Å². The van der Waals surface area contributed by atoms with Crippen molar-refractivity contribution in [3.05, 3.63) is 52.4 Å². The lowest BCUT2D eigenvalue weighted by Crippen LogP contribution is -1.96. The molecule has 0 saturated heterocycles. The first-order chi connectivity index (χ1) is 8.20. The minimum atomic E-state index is 0.281. The number of aryl methyl sites for hydroxylation is 1. The lowest BCUT2D eigenvalue weighted by atomic mass is 10.2. The van der Waals surface area contributed by atoms with Crippen molar-refractivity contribution in [1.82, 2.24) is 0 Å². The largest absolute Gasteiger partial charge is 0.484 e. The molecule has 0 radical (unpaired) electrons. The van der Waals surface area contributed by atoms with Crippen LogP contribution in [0.15, 0.2) is 34.7 Å². The molecule has 4 heteroatoms. The number of nitriles is 1. The number of nitrogens with zero attached hydrogens (tertiary/aromatic N) is 1. The summed E-state index contributed by atoms with van der Waals surface area (Å²) in [7, 11) is 0. The summed E-state index contributed by atoms with van der Waals surface area (Å²) < 4.78 is 10.9. The Morgan fingerprint density at radius 3 is 2.82 bits per heavy atom. The SMILES string of the molecule is Cc1ccc(COc2cccc(Cl)c2C#N)o1. The molecular formula is C13H10ClNO2. The van der Waals surface area contributed by atoms with Crippen LogP contribution in [0.3, 0.4) is 0 Å². The first kappa shape index (κ1) is 11.6. The molecule has 0 N–H and O–H groups in total. The summed E-state index contributed by atoms with van der Waals surface area (Å²) in [6.07, 6.45) is 0. The van der Waals surface area contributed by atoms with Crippen molar-refractivity contribution >= 4 is 11.6 Å². The van der Waals surface area contributed by atoms with Crippen LogP contribution in [0, 0.1) is 18.3 Å². The zero-order valence-electron chi connectivity index (χ0n) is 9.24. The Labute approximate surface area is 104 Å². The van der Waals surface area contributed by atoms with Crippen molar-refractivity contribution in [2.45, 2.75) is 13.5 Å². The minimum Gasteiger partial charge on any atom is -0.484 e. The molecule has 1 aromatic carbocycles. The van der Waals surface area contributed by atoms with Gasteiger partial charge in [0.25, 0.3) is 0 Å². The van der Waals surface area contributed by atoms with Crippen molar-refractivity contribution in [2.75, 3.05) is 0 Å². The Morgan fingerprint density at radius 2 is 2.18 bits per heavy atom. The summed E-state index contributed by atoms with van der Waals surface area (Å²) in [6, 6.07) is 10.8. The van der Waals surface area contributed by atoms with Gasteiger partial charge in [-0.3, -0.25) is 0 Å². The van der Waals surface area contributed by atoms with Gasteiger partial charge in [-0.1, -0.05) is 17.7 Å². The quantitative estimate of drug-likeness (QED) is 0.831. The van der Waals surface area contributed by atoms with E-state index < -0.39 is 0 Å². The fourth-order valence-electron chi connectivity index (χ4n) is 1.44. The summed E-state index contributed by atoms with van der Waals surface area (Å²) in [5.74, 6) is 2.01. The Morgan fingerprint density at radius 1 is 1.35 bits per heavy atom. The highest BCUT2D eigenvalue weighted by Gasteiger charge is 2.08. The Balaban J connectivity index is 2.14. The molecule has 2 rings (SSSR count). The number of halogens is 1. The van der Waals surface area contributed by atoms with Gasteiger partial charge in [0.05, 0.1) is 5.02 Å². The molecule has 0 bridgehead atoms. The molecule has 17 heavy (non-hydrogen) atoms. The van der Waals surface area contributed by atoms with Crippen LogP contribution >= 0.6 is 11.6 Å². The summed E-state index contributed by atoms with van der Waals surface area (Å²) in [5.41, 5.74) is 0.345. The van der Waals surface area contributed by atoms with Crippen LogP contribution in [-0.4, -0.2) is 0 Å². The van der Waals surface area contributed by atoms with E-state index in [1.807, 2.05) is 25.1 Å². The zero-order valence-corrected chi connectivity index (χ0v) is 9.99. The topological polar surface area (TPSA) is 46.2 Å². The van der Waals surface area contributed by atoms with Crippen molar-refractivity contribution < 1.29 is 9.15 Å². The van der Waals surface area contributed by atoms with Crippen molar-refractivity contribution in [3.63, 3.8) is 0 Å². The van der Waals surface area contributed by atoms with Gasteiger partial charge in [0, 0.05) is 0 Å². The molecule has 0 aliphatic rings. The van der Waals surface area contributed by atoms with Gasteiger partial charge in [0.2, 0.25) is 0 Å². The highest BCUT2D eigenvalue weighted by atomic mass is 35.5. The van der Waals surface area contributed by atoms with Crippen LogP contribution in [0.1, 0.15) is 17.1 Å². The maximum absolute atomic E-state index is 8.96. The van der Waals surface area contributed by atoms with Gasteiger partial charge in [-0.25, -0.2) is 0 Å². The van der Waals surface area contributed by atoms with E-state index in [1.54, 1.807) is 18.2 Å². The normalized spacial score (nSPS) is 9.94. The van der Waals surface area contributed by atoms with Crippen LogP contribution in [0.25, 0.3) is 0 Å². The maximum Gasteiger partial charge on any atom is 0.146 e. The van der Waals surface area contributed by atoms with Crippen molar-refractivity contribution in [2.24, 2.45) is 0 Å². The van der Waals surface area contributed by atoms with E-state index in [1.165, 1.54) is 0 Å². The monoisotopic (exact) mass is 247 g/mol. The van der Waals surface area contributed by atoms with E-state index in [2.05, 4.69) is 0 Å². The number of ether oxygens (including phenoxy) is 1. The lowest BCUT2D eigenvalue weighted by molar-refractivity contribution is 0.267. The van der Waals surface area contributed by atoms with Crippen LogP contribution < -0.4 is 4.74 Å². The molecule has 0 spiro atoms. The van der Waals surface area contributed by atoms with E-state index in [0.717, 1.165) is 5.76 Å². The molecule has 0 aliphatic heterocycles. The van der Waals surface area contributed by atoms with Gasteiger partial charge in [-0.05, 0) is 31.2 Å². The van der Waals surface area contributed by atoms with Gasteiger partial charge >= 0.3 is 0 Å². The van der Waals surface area contributed by atoms with Crippen molar-refractivity contribution in [1.29, 1.82) is 5.26 Å². The fraction of sp³-hybridized carbons (Fsp3) is 0.154. The molecule has 0 aliphatic carbocycles. The molecular weight excluding hydrogens is 238 g/mol. The summed E-state index contributed by atoms with van der Waals surface area (Å²) in [5, 5.41) is 9.35. The fourth-order valence-corrected chi connectivity index (χ4v) is 1.65. The number of rotatable bonds is 3. The Bertz CT molecular complexity index is 569. The molecule has 2 aromatic rings. The van der Waals surface area contributed by atoms with Gasteiger partial charge in [0.15, 0.2) is 0 Å². The van der Waals surface area contributed by atoms with Gasteiger partial charge in [0.1, 0.15) is 35.5 Å². The number of hydrogen-bond acceptors (Lipinski definition) is 3. The highest BCUT2D eigenvalue weighted by Crippen LogP contribution is 2.26. The zero-order chi connectivity index (χ0) is 12.3. The smallest absolute Gasteiger partial charge is 0.146 e. The third-order valence-electron chi connectivity index (χ3n) is 2.25. The van der Waals surface area contributed by atoms with E-state index in [9.17, 15) is 0 Å². The molecule has 86 valence electrons. The minimum absolute atomic E-state index is 0.281. The predicted octanol–water partition coefficient (Wildman–Crippen LogP) is 3.69. The third-order valence-corrected chi connectivity index (χ3v) is 2.57. The summed E-state index contributed by atoms with van der Waals surface area (Å²) in [6.45, 7) is 2.15. The summed E-state index contributed by atoms with van der Waals surface area (Å²) >= 11 is 5.89. The average Bonchev–Trinajstić information content (AvgIpc) is 2.72. The summed E-state index contributed by atoms with van der Waals surface area (Å²) in [4.78, 5) is 0. The van der Waals surface area contributed by atoms with E-state index >= 15 is 0 Å². The number of furan rings is 1. The maximum atomic E-state index is 8.96. The van der Waals surface area contributed by atoms with Crippen LogP contribution in [-0.2, 0) is 6.61 Å². The molecule has 0 unspecified atom stereocenters. The second kappa shape index (κ2) is 4.94. The van der Waals surface area contributed by atoms with Gasteiger partial charge < -0.3 is 9.15 Å². The second-order valence-corrected chi connectivity index (χ2v) is 3.93. The van der Waals surface area contributed by atoms with Crippen LogP contribution in [0.4, 0.5) is 0 Å². The number of hydrogen-bond donors (Lipinski definition) is 0. The standard InChI is InChI=1S/C13H10ClNO2/c1-9-5-6-10(17-9)8-16-13-4-2-3-12(14)11(13)7-15/h2-6H,8H2,1H3. The molecule has 1 heterocycles.